The Hall–Kier alpha value is -2.85. The zero-order chi connectivity index (χ0) is 24.8. The Kier molecular flexibility index (Phi) is 8.46. The van der Waals surface area contributed by atoms with E-state index in [4.69, 9.17) is 9.47 Å². The molecule has 35 heavy (non-hydrogen) atoms. The molecule has 2 fully saturated rings. The van der Waals surface area contributed by atoms with Gasteiger partial charge in [-0.3, -0.25) is 9.59 Å². The van der Waals surface area contributed by atoms with Gasteiger partial charge in [-0.1, -0.05) is 0 Å². The number of likely N-dealkylation sites (tertiary alicyclic amines) is 1. The predicted molar refractivity (Wildman–Crippen MR) is 132 cm³/mol. The first kappa shape index (κ1) is 25.2. The van der Waals surface area contributed by atoms with Crippen molar-refractivity contribution >= 4 is 23.5 Å². The SMILES string of the molecule is CCNC(=O)Nc1ccc2c(c1)C(=O)N(C)[C@H]1CC[C@H](CC(=O)NCCN3CCCC3)O[C@@H]1CO2. The molecule has 4 amide bonds. The van der Waals surface area contributed by atoms with Crippen molar-refractivity contribution in [1.82, 2.24) is 20.4 Å². The van der Waals surface area contributed by atoms with Crippen molar-refractivity contribution in [2.75, 3.05) is 51.7 Å². The molecule has 0 radical (unpaired) electrons. The first-order chi connectivity index (χ1) is 16.9. The number of carbonyl (C=O) groups excluding carboxylic acids is 3. The third-order valence-corrected chi connectivity index (χ3v) is 6.97. The number of carbonyl (C=O) groups is 3. The molecule has 2 saturated heterocycles. The summed E-state index contributed by atoms with van der Waals surface area (Å²) in [4.78, 5) is 41.7. The van der Waals surface area contributed by atoms with Crippen LogP contribution in [0.3, 0.4) is 0 Å². The Morgan fingerprint density at radius 3 is 2.71 bits per heavy atom. The van der Waals surface area contributed by atoms with Crippen molar-refractivity contribution in [3.05, 3.63) is 23.8 Å². The van der Waals surface area contributed by atoms with E-state index in [1.54, 1.807) is 30.1 Å². The molecule has 10 heteroatoms. The van der Waals surface area contributed by atoms with Crippen molar-refractivity contribution in [2.45, 2.75) is 57.3 Å². The van der Waals surface area contributed by atoms with Crippen LogP contribution in [0.2, 0.25) is 0 Å². The smallest absolute Gasteiger partial charge is 0.319 e. The van der Waals surface area contributed by atoms with Gasteiger partial charge in [-0.15, -0.1) is 0 Å². The van der Waals surface area contributed by atoms with Crippen molar-refractivity contribution in [1.29, 1.82) is 0 Å². The molecule has 1 aromatic rings. The van der Waals surface area contributed by atoms with E-state index in [1.807, 2.05) is 6.92 Å². The summed E-state index contributed by atoms with van der Waals surface area (Å²) < 4.78 is 12.3. The van der Waals surface area contributed by atoms with E-state index < -0.39 is 0 Å². The number of amides is 4. The van der Waals surface area contributed by atoms with E-state index in [-0.39, 0.29) is 42.7 Å². The number of ether oxygens (including phenoxy) is 2. The molecular formula is C25H37N5O5. The second kappa shape index (κ2) is 11.7. The van der Waals surface area contributed by atoms with Gasteiger partial charge in [0.15, 0.2) is 0 Å². The Balaban J connectivity index is 1.34. The van der Waals surface area contributed by atoms with Crippen molar-refractivity contribution in [3.8, 4) is 5.75 Å². The second-order valence-electron chi connectivity index (χ2n) is 9.47. The number of benzene rings is 1. The maximum Gasteiger partial charge on any atom is 0.319 e. The molecule has 3 aliphatic rings. The highest BCUT2D eigenvalue weighted by Gasteiger charge is 2.39. The van der Waals surface area contributed by atoms with Crippen LogP contribution in [0.4, 0.5) is 10.5 Å². The number of nitrogens with one attached hydrogen (secondary N) is 3. The maximum absolute atomic E-state index is 13.3. The Labute approximate surface area is 206 Å². The molecule has 3 heterocycles. The van der Waals surface area contributed by atoms with E-state index in [0.29, 0.717) is 42.9 Å². The lowest BCUT2D eigenvalue weighted by Gasteiger charge is -2.42. The molecule has 3 N–H and O–H groups in total. The van der Waals surface area contributed by atoms with Gasteiger partial charge in [0, 0.05) is 32.4 Å². The highest BCUT2D eigenvalue weighted by Crippen LogP contribution is 2.32. The lowest BCUT2D eigenvalue weighted by molar-refractivity contribution is -0.134. The summed E-state index contributed by atoms with van der Waals surface area (Å²) in [7, 11) is 1.77. The summed E-state index contributed by atoms with van der Waals surface area (Å²) >= 11 is 0. The minimum atomic E-state index is -0.327. The monoisotopic (exact) mass is 487 g/mol. The number of nitrogens with zero attached hydrogens (tertiary/aromatic N) is 2. The van der Waals surface area contributed by atoms with Crippen LogP contribution in [0.15, 0.2) is 18.2 Å². The second-order valence-corrected chi connectivity index (χ2v) is 9.47. The standard InChI is InChI=1S/C25H37N5O5/c1-3-26-25(33)28-17-6-9-21-19(14-17)24(32)29(2)20-8-7-18(35-22(20)16-34-21)15-23(31)27-10-13-30-11-4-5-12-30/h6,9,14,18,20,22H,3-5,7-8,10-13,15-16H2,1-2H3,(H,27,31)(H2,26,28,33)/t18-,20+,22-/m1/s1. The van der Waals surface area contributed by atoms with Gasteiger partial charge in [-0.2, -0.15) is 0 Å². The summed E-state index contributed by atoms with van der Waals surface area (Å²) in [5, 5.41) is 8.42. The normalized spacial score (nSPS) is 24.5. The molecule has 192 valence electrons. The Bertz CT molecular complexity index is 920. The largest absolute Gasteiger partial charge is 0.490 e. The summed E-state index contributed by atoms with van der Waals surface area (Å²) in [6.07, 6.45) is 3.71. The van der Waals surface area contributed by atoms with E-state index >= 15 is 0 Å². The molecule has 0 unspecified atom stereocenters. The molecule has 0 aromatic heterocycles. The zero-order valence-electron chi connectivity index (χ0n) is 20.7. The van der Waals surface area contributed by atoms with Crippen molar-refractivity contribution < 1.29 is 23.9 Å². The van der Waals surface area contributed by atoms with Crippen LogP contribution in [0.25, 0.3) is 0 Å². The van der Waals surface area contributed by atoms with Gasteiger partial charge in [0.2, 0.25) is 5.91 Å². The highest BCUT2D eigenvalue weighted by molar-refractivity contribution is 5.99. The predicted octanol–water partition coefficient (Wildman–Crippen LogP) is 1.81. The fourth-order valence-electron chi connectivity index (χ4n) is 5.08. The third kappa shape index (κ3) is 6.43. The van der Waals surface area contributed by atoms with Crippen LogP contribution in [0.5, 0.6) is 5.75 Å². The number of anilines is 1. The number of likely N-dealkylation sites (N-methyl/N-ethyl adjacent to an activating group) is 1. The number of hydrogen-bond acceptors (Lipinski definition) is 6. The average molecular weight is 488 g/mol. The number of rotatable bonds is 7. The number of urea groups is 1. The minimum Gasteiger partial charge on any atom is -0.490 e. The van der Waals surface area contributed by atoms with Crippen molar-refractivity contribution in [3.63, 3.8) is 0 Å². The van der Waals surface area contributed by atoms with Crippen LogP contribution in [-0.4, -0.2) is 92.3 Å². The van der Waals surface area contributed by atoms with E-state index in [2.05, 4.69) is 20.9 Å². The fraction of sp³-hybridized carbons (Fsp3) is 0.640. The first-order valence-corrected chi connectivity index (χ1v) is 12.7. The molecule has 4 rings (SSSR count). The van der Waals surface area contributed by atoms with Crippen LogP contribution in [0, 0.1) is 0 Å². The maximum atomic E-state index is 13.3. The summed E-state index contributed by atoms with van der Waals surface area (Å²) in [6, 6.07) is 4.56. The Morgan fingerprint density at radius 1 is 1.14 bits per heavy atom. The molecule has 1 aromatic carbocycles. The molecule has 0 bridgehead atoms. The van der Waals surface area contributed by atoms with Gasteiger partial charge in [0.25, 0.3) is 5.91 Å². The van der Waals surface area contributed by atoms with Gasteiger partial charge in [-0.25, -0.2) is 4.79 Å². The van der Waals surface area contributed by atoms with E-state index in [0.717, 1.165) is 26.1 Å². The van der Waals surface area contributed by atoms with Crippen LogP contribution in [0.1, 0.15) is 49.4 Å². The topological polar surface area (TPSA) is 112 Å². The van der Waals surface area contributed by atoms with Gasteiger partial charge >= 0.3 is 6.03 Å². The number of hydrogen-bond donors (Lipinski definition) is 3. The molecule has 0 saturated carbocycles. The van der Waals surface area contributed by atoms with Gasteiger partial charge in [0.1, 0.15) is 18.5 Å². The number of fused-ring (bicyclic) bond motifs is 2. The lowest BCUT2D eigenvalue weighted by atomic mass is 9.94. The fourth-order valence-corrected chi connectivity index (χ4v) is 5.08. The molecule has 0 spiro atoms. The van der Waals surface area contributed by atoms with Crippen molar-refractivity contribution in [2.24, 2.45) is 0 Å². The van der Waals surface area contributed by atoms with Crippen LogP contribution in [-0.2, 0) is 9.53 Å². The minimum absolute atomic E-state index is 0.00123. The lowest BCUT2D eigenvalue weighted by Crippen LogP contribution is -2.54. The van der Waals surface area contributed by atoms with Gasteiger partial charge < -0.3 is 35.2 Å². The first-order valence-electron chi connectivity index (χ1n) is 12.7. The summed E-state index contributed by atoms with van der Waals surface area (Å²) in [6.45, 7) is 6.41. The van der Waals surface area contributed by atoms with Crippen LogP contribution >= 0.6 is 0 Å². The third-order valence-electron chi connectivity index (χ3n) is 6.97. The molecular weight excluding hydrogens is 450 g/mol. The molecule has 3 atom stereocenters. The quantitative estimate of drug-likeness (QED) is 0.541. The summed E-state index contributed by atoms with van der Waals surface area (Å²) in [5.41, 5.74) is 0.924. The molecule has 10 nitrogen and oxygen atoms in total. The van der Waals surface area contributed by atoms with Gasteiger partial charge in [0.05, 0.1) is 24.1 Å². The Morgan fingerprint density at radius 2 is 1.94 bits per heavy atom. The molecule has 0 aliphatic carbocycles. The highest BCUT2D eigenvalue weighted by atomic mass is 16.5. The van der Waals surface area contributed by atoms with Crippen LogP contribution < -0.4 is 20.7 Å². The molecule has 3 aliphatic heterocycles. The average Bonchev–Trinajstić information content (AvgIpc) is 3.35. The van der Waals surface area contributed by atoms with Gasteiger partial charge in [-0.05, 0) is 63.9 Å². The zero-order valence-corrected chi connectivity index (χ0v) is 20.7. The van der Waals surface area contributed by atoms with E-state index in [9.17, 15) is 14.4 Å². The summed E-state index contributed by atoms with van der Waals surface area (Å²) in [5.74, 6) is 0.268. The van der Waals surface area contributed by atoms with E-state index in [1.165, 1.54) is 12.8 Å².